The van der Waals surface area contributed by atoms with Crippen LogP contribution in [-0.4, -0.2) is 53.5 Å². The minimum Gasteiger partial charge on any atom is -0.338 e. The summed E-state index contributed by atoms with van der Waals surface area (Å²) < 4.78 is 0. The largest absolute Gasteiger partial charge is 0.338 e. The first-order valence-electron chi connectivity index (χ1n) is 6.96. The van der Waals surface area contributed by atoms with Crippen molar-refractivity contribution < 1.29 is 4.79 Å². The van der Waals surface area contributed by atoms with Crippen molar-refractivity contribution in [2.24, 2.45) is 11.7 Å². The highest BCUT2D eigenvalue weighted by Crippen LogP contribution is 2.36. The Balaban J connectivity index is 1.74. The number of hydrogen-bond donors (Lipinski definition) is 1. The van der Waals surface area contributed by atoms with Gasteiger partial charge >= 0.3 is 0 Å². The zero-order valence-electron chi connectivity index (χ0n) is 10.6. The van der Waals surface area contributed by atoms with Gasteiger partial charge in [-0.1, -0.05) is 0 Å². The average Bonchev–Trinajstić information content (AvgIpc) is 2.96. The summed E-state index contributed by atoms with van der Waals surface area (Å²) in [5.41, 5.74) is 5.79. The molecule has 2 N–H and O–H groups in total. The number of hydrogen-bond acceptors (Lipinski definition) is 3. The molecule has 4 unspecified atom stereocenters. The first-order chi connectivity index (χ1) is 8.20. The lowest BCUT2D eigenvalue weighted by Gasteiger charge is -2.32. The quantitative estimate of drug-likeness (QED) is 0.757. The van der Waals surface area contributed by atoms with Crippen LogP contribution in [0.15, 0.2) is 0 Å². The molecule has 3 heterocycles. The Bertz CT molecular complexity index is 320. The number of fused-ring (bicyclic) bond motifs is 1. The molecule has 0 spiro atoms. The van der Waals surface area contributed by atoms with E-state index in [4.69, 9.17) is 5.73 Å². The molecule has 0 aromatic rings. The molecule has 0 aromatic carbocycles. The molecular weight excluding hydrogens is 214 g/mol. The highest BCUT2D eigenvalue weighted by atomic mass is 16.2. The molecule has 17 heavy (non-hydrogen) atoms. The molecule has 0 radical (unpaired) electrons. The van der Waals surface area contributed by atoms with E-state index in [2.05, 4.69) is 16.7 Å². The van der Waals surface area contributed by atoms with Crippen LogP contribution in [0, 0.1) is 5.92 Å². The number of amides is 1. The normalized spacial score (nSPS) is 42.5. The van der Waals surface area contributed by atoms with Crippen LogP contribution in [0.4, 0.5) is 0 Å². The molecule has 0 saturated carbocycles. The second kappa shape index (κ2) is 4.25. The third-order valence-electron chi connectivity index (χ3n) is 4.92. The summed E-state index contributed by atoms with van der Waals surface area (Å²) in [6.07, 6.45) is 4.34. The average molecular weight is 237 g/mol. The monoisotopic (exact) mass is 237 g/mol. The number of nitrogens with two attached hydrogens (primary N) is 1. The van der Waals surface area contributed by atoms with Gasteiger partial charge in [-0.2, -0.15) is 0 Å². The van der Waals surface area contributed by atoms with Gasteiger partial charge in [0.1, 0.15) is 0 Å². The Hall–Kier alpha value is -0.610. The number of carbonyl (C=O) groups excluding carboxylic acids is 1. The summed E-state index contributed by atoms with van der Waals surface area (Å²) in [6, 6.07) is 1.57. The summed E-state index contributed by atoms with van der Waals surface area (Å²) >= 11 is 0. The topological polar surface area (TPSA) is 49.6 Å². The SMILES string of the molecule is CC1CC(CN)CN1C1CC(=O)N2CCCC12. The second-order valence-electron chi connectivity index (χ2n) is 5.95. The number of rotatable bonds is 2. The summed E-state index contributed by atoms with van der Waals surface area (Å²) in [7, 11) is 0. The van der Waals surface area contributed by atoms with Gasteiger partial charge in [-0.25, -0.2) is 0 Å². The van der Waals surface area contributed by atoms with Crippen LogP contribution in [-0.2, 0) is 4.79 Å². The lowest BCUT2D eigenvalue weighted by atomic mass is 10.0. The highest BCUT2D eigenvalue weighted by Gasteiger charge is 2.47. The van der Waals surface area contributed by atoms with Crippen LogP contribution >= 0.6 is 0 Å². The molecule has 3 fully saturated rings. The minimum atomic E-state index is 0.376. The first-order valence-corrected chi connectivity index (χ1v) is 6.96. The van der Waals surface area contributed by atoms with E-state index in [9.17, 15) is 4.79 Å². The van der Waals surface area contributed by atoms with E-state index in [0.29, 0.717) is 30.0 Å². The molecule has 0 aliphatic carbocycles. The zero-order chi connectivity index (χ0) is 12.0. The third-order valence-corrected chi connectivity index (χ3v) is 4.92. The molecule has 0 aromatic heterocycles. The molecule has 1 amide bonds. The Morgan fingerprint density at radius 2 is 2.24 bits per heavy atom. The summed E-state index contributed by atoms with van der Waals surface area (Å²) in [5.74, 6) is 1.01. The van der Waals surface area contributed by atoms with Crippen LogP contribution in [0.3, 0.4) is 0 Å². The maximum atomic E-state index is 12.0. The van der Waals surface area contributed by atoms with Crippen molar-refractivity contribution in [3.05, 3.63) is 0 Å². The van der Waals surface area contributed by atoms with Gasteiger partial charge in [0.05, 0.1) is 0 Å². The first kappa shape index (κ1) is 11.5. The number of nitrogens with zero attached hydrogens (tertiary/aromatic N) is 2. The van der Waals surface area contributed by atoms with Gasteiger partial charge < -0.3 is 10.6 Å². The van der Waals surface area contributed by atoms with Crippen LogP contribution < -0.4 is 5.73 Å². The molecule has 3 aliphatic rings. The predicted octanol–water partition coefficient (Wildman–Crippen LogP) is 0.419. The number of carbonyl (C=O) groups is 1. The maximum absolute atomic E-state index is 12.0. The maximum Gasteiger partial charge on any atom is 0.224 e. The van der Waals surface area contributed by atoms with Crippen molar-refractivity contribution >= 4 is 5.91 Å². The van der Waals surface area contributed by atoms with Gasteiger partial charge in [-0.05, 0) is 38.6 Å². The Kier molecular flexibility index (Phi) is 2.87. The van der Waals surface area contributed by atoms with E-state index in [1.165, 1.54) is 19.3 Å². The van der Waals surface area contributed by atoms with Crippen molar-refractivity contribution in [1.82, 2.24) is 9.80 Å². The molecule has 4 nitrogen and oxygen atoms in total. The zero-order valence-corrected chi connectivity index (χ0v) is 10.6. The van der Waals surface area contributed by atoms with Crippen LogP contribution in [0.25, 0.3) is 0 Å². The fourth-order valence-electron chi connectivity index (χ4n) is 4.08. The molecule has 3 saturated heterocycles. The Morgan fingerprint density at radius 3 is 2.94 bits per heavy atom. The molecule has 3 rings (SSSR count). The predicted molar refractivity (Wildman–Crippen MR) is 66.5 cm³/mol. The minimum absolute atomic E-state index is 0.376. The summed E-state index contributed by atoms with van der Waals surface area (Å²) in [5, 5.41) is 0. The Morgan fingerprint density at radius 1 is 1.41 bits per heavy atom. The fraction of sp³-hybridized carbons (Fsp3) is 0.923. The molecule has 3 aliphatic heterocycles. The summed E-state index contributed by atoms with van der Waals surface area (Å²) in [6.45, 7) is 5.16. The van der Waals surface area contributed by atoms with Gasteiger partial charge in [-0.15, -0.1) is 0 Å². The van der Waals surface area contributed by atoms with Crippen LogP contribution in [0.5, 0.6) is 0 Å². The van der Waals surface area contributed by atoms with Gasteiger partial charge in [0, 0.05) is 37.6 Å². The van der Waals surface area contributed by atoms with Gasteiger partial charge in [0.15, 0.2) is 0 Å². The third kappa shape index (κ3) is 1.78. The molecule has 0 bridgehead atoms. The van der Waals surface area contributed by atoms with Crippen LogP contribution in [0.2, 0.25) is 0 Å². The number of likely N-dealkylation sites (tertiary alicyclic amines) is 1. The molecular formula is C13H23N3O. The van der Waals surface area contributed by atoms with E-state index in [-0.39, 0.29) is 0 Å². The lowest BCUT2D eigenvalue weighted by Crippen LogP contribution is -2.44. The molecule has 4 heteroatoms. The highest BCUT2D eigenvalue weighted by molar-refractivity contribution is 5.80. The van der Waals surface area contributed by atoms with Crippen molar-refractivity contribution in [2.45, 2.75) is 50.7 Å². The van der Waals surface area contributed by atoms with Crippen molar-refractivity contribution in [3.8, 4) is 0 Å². The molecule has 96 valence electrons. The van der Waals surface area contributed by atoms with E-state index < -0.39 is 0 Å². The van der Waals surface area contributed by atoms with Gasteiger partial charge in [0.25, 0.3) is 0 Å². The van der Waals surface area contributed by atoms with Crippen molar-refractivity contribution in [3.63, 3.8) is 0 Å². The van der Waals surface area contributed by atoms with Gasteiger partial charge in [-0.3, -0.25) is 9.69 Å². The smallest absolute Gasteiger partial charge is 0.224 e. The lowest BCUT2D eigenvalue weighted by molar-refractivity contribution is -0.127. The van der Waals surface area contributed by atoms with Crippen molar-refractivity contribution in [2.75, 3.05) is 19.6 Å². The fourth-order valence-corrected chi connectivity index (χ4v) is 4.08. The van der Waals surface area contributed by atoms with E-state index in [1.807, 2.05) is 0 Å². The van der Waals surface area contributed by atoms with E-state index >= 15 is 0 Å². The van der Waals surface area contributed by atoms with E-state index in [0.717, 1.165) is 26.1 Å². The molecule has 4 atom stereocenters. The summed E-state index contributed by atoms with van der Waals surface area (Å²) in [4.78, 5) is 16.6. The Labute approximate surface area is 103 Å². The van der Waals surface area contributed by atoms with Crippen molar-refractivity contribution in [1.29, 1.82) is 0 Å². The second-order valence-corrected chi connectivity index (χ2v) is 5.95. The van der Waals surface area contributed by atoms with Gasteiger partial charge in [0.2, 0.25) is 5.91 Å². The van der Waals surface area contributed by atoms with Crippen LogP contribution in [0.1, 0.15) is 32.6 Å². The van der Waals surface area contributed by atoms with E-state index in [1.54, 1.807) is 0 Å². The standard InChI is InChI=1S/C13H23N3O/c1-9-5-10(7-14)8-16(9)12-6-13(17)15-4-2-3-11(12)15/h9-12H,2-8,14H2,1H3.